The molecule has 0 aliphatic carbocycles. The van der Waals surface area contributed by atoms with Crippen molar-refractivity contribution in [1.82, 2.24) is 10.2 Å². The van der Waals surface area contributed by atoms with E-state index >= 15 is 0 Å². The summed E-state index contributed by atoms with van der Waals surface area (Å²) in [5.74, 6) is 0. The number of hydrogen-bond acceptors (Lipinski definition) is 1. The van der Waals surface area contributed by atoms with E-state index in [0.29, 0.717) is 0 Å². The Morgan fingerprint density at radius 3 is 1.77 bits per heavy atom. The van der Waals surface area contributed by atoms with Crippen LogP contribution in [0.5, 0.6) is 0 Å². The molecule has 4 heteroatoms. The van der Waals surface area contributed by atoms with Crippen molar-refractivity contribution in [3.05, 3.63) is 6.07 Å². The van der Waals surface area contributed by atoms with Gasteiger partial charge in [-0.3, -0.25) is 5.10 Å². The van der Waals surface area contributed by atoms with Crippen LogP contribution in [0.2, 0.25) is 39.3 Å². The molecule has 0 unspecified atom stereocenters. The molecule has 1 heterocycles. The average Bonchev–Trinajstić information content (AvgIpc) is 2.28. The summed E-state index contributed by atoms with van der Waals surface area (Å²) in [4.78, 5) is 0. The van der Waals surface area contributed by atoms with Gasteiger partial charge in [0.15, 0.2) is 0 Å². The summed E-state index contributed by atoms with van der Waals surface area (Å²) >= 11 is 0. The highest BCUT2D eigenvalue weighted by atomic mass is 28.3. The van der Waals surface area contributed by atoms with Gasteiger partial charge in [0.25, 0.3) is 0 Å². The lowest BCUT2D eigenvalue weighted by molar-refractivity contribution is 1.12. The molecule has 1 aromatic heterocycles. The second kappa shape index (κ2) is 3.10. The van der Waals surface area contributed by atoms with E-state index in [1.807, 2.05) is 0 Å². The monoisotopic (exact) mass is 212 g/mol. The van der Waals surface area contributed by atoms with Crippen LogP contribution in [0.25, 0.3) is 0 Å². The van der Waals surface area contributed by atoms with E-state index in [1.54, 1.807) is 0 Å². The predicted molar refractivity (Wildman–Crippen MR) is 64.5 cm³/mol. The number of aromatic nitrogens is 2. The number of H-pyrrole nitrogens is 1. The molecule has 1 rings (SSSR count). The maximum absolute atomic E-state index is 4.43. The normalized spacial score (nSPS) is 13.4. The van der Waals surface area contributed by atoms with Crippen molar-refractivity contribution in [2.75, 3.05) is 0 Å². The lowest BCUT2D eigenvalue weighted by atomic mass is 10.7. The average molecular weight is 212 g/mol. The summed E-state index contributed by atoms with van der Waals surface area (Å²) in [7, 11) is -2.40. The van der Waals surface area contributed by atoms with Gasteiger partial charge in [-0.25, -0.2) is 0 Å². The molecular formula is C9H20N2Si2. The lowest BCUT2D eigenvalue weighted by Gasteiger charge is -2.13. The number of nitrogens with zero attached hydrogens (tertiary/aromatic N) is 1. The fourth-order valence-corrected chi connectivity index (χ4v) is 3.16. The van der Waals surface area contributed by atoms with Gasteiger partial charge in [0, 0.05) is 10.6 Å². The quantitative estimate of drug-likeness (QED) is 0.740. The van der Waals surface area contributed by atoms with Gasteiger partial charge in [-0.2, -0.15) is 5.10 Å². The molecule has 0 aliphatic heterocycles. The van der Waals surface area contributed by atoms with Gasteiger partial charge >= 0.3 is 0 Å². The molecular weight excluding hydrogens is 192 g/mol. The molecule has 0 amide bonds. The fraction of sp³-hybridized carbons (Fsp3) is 0.667. The van der Waals surface area contributed by atoms with Crippen molar-refractivity contribution < 1.29 is 0 Å². The highest BCUT2D eigenvalue weighted by Gasteiger charge is 2.24. The van der Waals surface area contributed by atoms with E-state index in [-0.39, 0.29) is 0 Å². The molecule has 2 nitrogen and oxygen atoms in total. The third-order valence-electron chi connectivity index (χ3n) is 2.15. The van der Waals surface area contributed by atoms with Crippen LogP contribution in [-0.2, 0) is 0 Å². The molecule has 0 saturated heterocycles. The Morgan fingerprint density at radius 2 is 1.54 bits per heavy atom. The summed E-state index contributed by atoms with van der Waals surface area (Å²) in [6.07, 6.45) is 0. The summed E-state index contributed by atoms with van der Waals surface area (Å²) in [6.45, 7) is 14.0. The van der Waals surface area contributed by atoms with Gasteiger partial charge in [-0.05, 0) is 6.07 Å². The van der Waals surface area contributed by atoms with Crippen LogP contribution in [0, 0.1) is 0 Å². The van der Waals surface area contributed by atoms with E-state index < -0.39 is 16.1 Å². The van der Waals surface area contributed by atoms with Crippen molar-refractivity contribution >= 4 is 26.8 Å². The van der Waals surface area contributed by atoms with Gasteiger partial charge in [0.1, 0.15) is 16.1 Å². The smallest absolute Gasteiger partial charge is 0.104 e. The Morgan fingerprint density at radius 1 is 1.00 bits per heavy atom. The van der Waals surface area contributed by atoms with Crippen molar-refractivity contribution in [2.45, 2.75) is 39.3 Å². The largest absolute Gasteiger partial charge is 0.287 e. The number of rotatable bonds is 2. The number of nitrogens with one attached hydrogen (secondary N) is 1. The maximum Gasteiger partial charge on any atom is 0.104 e. The first-order valence-electron chi connectivity index (χ1n) is 4.77. The SMILES string of the molecule is C[Si](C)(C)c1cc([Si](C)(C)C)[nH]n1. The minimum atomic E-state index is -1.21. The Balaban J connectivity index is 3.01. The van der Waals surface area contributed by atoms with Crippen molar-refractivity contribution in [3.8, 4) is 0 Å². The molecule has 0 radical (unpaired) electrons. The third-order valence-corrected chi connectivity index (χ3v) is 5.82. The van der Waals surface area contributed by atoms with Gasteiger partial charge in [0.2, 0.25) is 0 Å². The molecule has 0 saturated carbocycles. The second-order valence-electron chi connectivity index (χ2n) is 5.67. The van der Waals surface area contributed by atoms with Crippen molar-refractivity contribution in [3.63, 3.8) is 0 Å². The second-order valence-corrected chi connectivity index (χ2v) is 15.7. The summed E-state index contributed by atoms with van der Waals surface area (Å²) in [6, 6.07) is 2.29. The third kappa shape index (κ3) is 2.54. The van der Waals surface area contributed by atoms with Crippen molar-refractivity contribution in [1.29, 1.82) is 0 Å². The molecule has 1 N–H and O–H groups in total. The van der Waals surface area contributed by atoms with Crippen LogP contribution in [-0.4, -0.2) is 26.3 Å². The zero-order valence-corrected chi connectivity index (χ0v) is 11.5. The first-order chi connectivity index (χ1) is 5.71. The Labute approximate surface area is 82.8 Å². The molecule has 0 spiro atoms. The maximum atomic E-state index is 4.43. The van der Waals surface area contributed by atoms with Crippen LogP contribution in [0.15, 0.2) is 6.07 Å². The molecule has 1 aromatic rings. The molecule has 0 atom stereocenters. The highest BCUT2D eigenvalue weighted by molar-refractivity contribution is 6.90. The first-order valence-corrected chi connectivity index (χ1v) is 11.8. The predicted octanol–water partition coefficient (Wildman–Crippen LogP) is 1.50. The minimum Gasteiger partial charge on any atom is -0.287 e. The molecule has 0 fully saturated rings. The Bertz CT molecular complexity index is 263. The Hall–Kier alpha value is -0.356. The van der Waals surface area contributed by atoms with Gasteiger partial charge < -0.3 is 0 Å². The summed E-state index contributed by atoms with van der Waals surface area (Å²) < 4.78 is 0. The molecule has 0 aromatic carbocycles. The zero-order valence-electron chi connectivity index (χ0n) is 9.52. The van der Waals surface area contributed by atoms with Crippen LogP contribution in [0.3, 0.4) is 0 Å². The van der Waals surface area contributed by atoms with E-state index in [0.717, 1.165) is 0 Å². The molecule has 13 heavy (non-hydrogen) atoms. The summed E-state index contributed by atoms with van der Waals surface area (Å²) in [5.41, 5.74) is 0. The van der Waals surface area contributed by atoms with Crippen LogP contribution in [0.1, 0.15) is 0 Å². The van der Waals surface area contributed by atoms with E-state index in [1.165, 1.54) is 10.6 Å². The van der Waals surface area contributed by atoms with Crippen LogP contribution in [0.4, 0.5) is 0 Å². The van der Waals surface area contributed by atoms with Crippen molar-refractivity contribution in [2.24, 2.45) is 0 Å². The number of aromatic amines is 1. The molecule has 74 valence electrons. The zero-order chi connectivity index (χ0) is 10.3. The van der Waals surface area contributed by atoms with E-state index in [4.69, 9.17) is 0 Å². The lowest BCUT2D eigenvalue weighted by Crippen LogP contribution is -2.41. The van der Waals surface area contributed by atoms with Gasteiger partial charge in [-0.1, -0.05) is 39.3 Å². The fourth-order valence-electron chi connectivity index (χ4n) is 1.09. The van der Waals surface area contributed by atoms with E-state index in [2.05, 4.69) is 55.5 Å². The van der Waals surface area contributed by atoms with Gasteiger partial charge in [0.05, 0.1) is 0 Å². The van der Waals surface area contributed by atoms with Gasteiger partial charge in [-0.15, -0.1) is 0 Å². The van der Waals surface area contributed by atoms with Crippen LogP contribution >= 0.6 is 0 Å². The molecule has 0 aliphatic rings. The minimum absolute atomic E-state index is 1.19. The standard InChI is InChI=1S/C9H20N2Si2/c1-12(2,3)8-7-9(11-10-8)13(4,5)6/h7H,1-6H3,(H,10,11). The first kappa shape index (κ1) is 10.7. The number of hydrogen-bond donors (Lipinski definition) is 1. The Kier molecular flexibility index (Phi) is 2.55. The van der Waals surface area contributed by atoms with Crippen LogP contribution < -0.4 is 10.6 Å². The molecule has 0 bridgehead atoms. The van der Waals surface area contributed by atoms with E-state index in [9.17, 15) is 0 Å². The topological polar surface area (TPSA) is 28.7 Å². The highest BCUT2D eigenvalue weighted by Crippen LogP contribution is 2.02. The summed E-state index contributed by atoms with van der Waals surface area (Å²) in [5, 5.41) is 10.3.